The molecule has 102 valence electrons. The van der Waals surface area contributed by atoms with Crippen LogP contribution in [0.3, 0.4) is 0 Å². The van der Waals surface area contributed by atoms with E-state index < -0.39 is 0 Å². The molecule has 0 heterocycles. The van der Waals surface area contributed by atoms with E-state index in [0.717, 1.165) is 12.7 Å². The summed E-state index contributed by atoms with van der Waals surface area (Å²) in [4.78, 5) is 22.0. The zero-order valence-electron chi connectivity index (χ0n) is 12.3. The molecule has 0 bridgehead atoms. The fraction of sp³-hybridized carbons (Fsp3) is 0.750. The molecule has 18 heavy (non-hydrogen) atoms. The Labute approximate surface area is 112 Å². The second kappa shape index (κ2) is 8.91. The Kier molecular flexibility index (Phi) is 8.37. The van der Waals surface area contributed by atoms with Crippen molar-refractivity contribution in [2.24, 2.45) is 23.7 Å². The molecule has 0 aromatic rings. The van der Waals surface area contributed by atoms with Gasteiger partial charge in [0.1, 0.15) is 12.1 Å². The van der Waals surface area contributed by atoms with Gasteiger partial charge in [0.25, 0.3) is 0 Å². The van der Waals surface area contributed by atoms with Crippen molar-refractivity contribution in [3.05, 3.63) is 0 Å². The van der Waals surface area contributed by atoms with E-state index in [4.69, 9.17) is 0 Å². The van der Waals surface area contributed by atoms with E-state index in [1.165, 1.54) is 0 Å². The molecule has 0 radical (unpaired) electrons. The maximum absolute atomic E-state index is 11.4. The highest BCUT2D eigenvalue weighted by Crippen LogP contribution is 2.18. The zero-order valence-corrected chi connectivity index (χ0v) is 12.3. The first-order valence-electron chi connectivity index (χ1n) is 6.79. The lowest BCUT2D eigenvalue weighted by molar-refractivity contribution is -0.121. The fourth-order valence-electron chi connectivity index (χ4n) is 1.95. The second-order valence-corrected chi connectivity index (χ2v) is 5.63. The molecular formula is C16H26O2. The normalized spacial score (nSPS) is 13.9. The molecule has 0 fully saturated rings. The van der Waals surface area contributed by atoms with Crippen LogP contribution in [0.2, 0.25) is 0 Å². The van der Waals surface area contributed by atoms with Crippen LogP contribution in [0, 0.1) is 35.5 Å². The van der Waals surface area contributed by atoms with Crippen molar-refractivity contribution in [3.8, 4) is 11.8 Å². The lowest BCUT2D eigenvalue weighted by Gasteiger charge is -2.15. The van der Waals surface area contributed by atoms with Gasteiger partial charge < -0.3 is 4.79 Å². The monoisotopic (exact) mass is 250 g/mol. The average molecular weight is 250 g/mol. The van der Waals surface area contributed by atoms with Gasteiger partial charge in [0.15, 0.2) is 0 Å². The van der Waals surface area contributed by atoms with Crippen molar-refractivity contribution in [1.82, 2.24) is 0 Å². The Morgan fingerprint density at radius 1 is 1.06 bits per heavy atom. The summed E-state index contributed by atoms with van der Waals surface area (Å²) in [5.74, 6) is 7.64. The summed E-state index contributed by atoms with van der Waals surface area (Å²) in [6.07, 6.45) is 2.93. The molecule has 2 heteroatoms. The number of aldehydes is 1. The summed E-state index contributed by atoms with van der Waals surface area (Å²) in [6, 6.07) is 0. The third-order valence-electron chi connectivity index (χ3n) is 3.48. The van der Waals surface area contributed by atoms with Crippen molar-refractivity contribution >= 4 is 12.1 Å². The quantitative estimate of drug-likeness (QED) is 0.512. The Morgan fingerprint density at radius 3 is 2.00 bits per heavy atom. The zero-order chi connectivity index (χ0) is 14.1. The maximum Gasteiger partial charge on any atom is 0.134 e. The fourth-order valence-corrected chi connectivity index (χ4v) is 1.95. The van der Waals surface area contributed by atoms with Gasteiger partial charge in [-0.2, -0.15) is 0 Å². The third-order valence-corrected chi connectivity index (χ3v) is 3.48. The molecular weight excluding hydrogens is 224 g/mol. The van der Waals surface area contributed by atoms with E-state index in [0.29, 0.717) is 30.6 Å². The molecule has 2 nitrogen and oxygen atoms in total. The van der Waals surface area contributed by atoms with Crippen LogP contribution < -0.4 is 0 Å². The molecule has 0 amide bonds. The molecule has 0 aromatic carbocycles. The third kappa shape index (κ3) is 6.59. The first kappa shape index (κ1) is 16.9. The number of Topliss-reactive ketones (excluding diaryl/α,β-unsaturated/α-hetero) is 1. The molecule has 2 atom stereocenters. The van der Waals surface area contributed by atoms with Crippen LogP contribution in [-0.4, -0.2) is 12.1 Å². The SMILES string of the molecule is CC(=O)[C@@H](CC#CC[C@H](CC=O)C(C)C)C(C)C. The molecule has 0 aliphatic carbocycles. The molecule has 0 aromatic heterocycles. The smallest absolute Gasteiger partial charge is 0.134 e. The minimum absolute atomic E-state index is 0.0427. The molecule has 0 aliphatic rings. The minimum atomic E-state index is 0.0427. The number of carbonyl (C=O) groups is 2. The van der Waals surface area contributed by atoms with Gasteiger partial charge in [-0.1, -0.05) is 27.7 Å². The number of ketones is 1. The summed E-state index contributed by atoms with van der Waals surface area (Å²) in [7, 11) is 0. The van der Waals surface area contributed by atoms with Crippen molar-refractivity contribution < 1.29 is 9.59 Å². The second-order valence-electron chi connectivity index (χ2n) is 5.63. The summed E-state index contributed by atoms with van der Waals surface area (Å²) in [5.41, 5.74) is 0. The van der Waals surface area contributed by atoms with Crippen LogP contribution >= 0.6 is 0 Å². The first-order valence-corrected chi connectivity index (χ1v) is 6.79. The van der Waals surface area contributed by atoms with Crippen LogP contribution in [-0.2, 0) is 9.59 Å². The van der Waals surface area contributed by atoms with Gasteiger partial charge in [-0.15, -0.1) is 11.8 Å². The highest BCUT2D eigenvalue weighted by molar-refractivity contribution is 5.78. The Morgan fingerprint density at radius 2 is 1.61 bits per heavy atom. The number of hydrogen-bond acceptors (Lipinski definition) is 2. The van der Waals surface area contributed by atoms with Gasteiger partial charge in [-0.3, -0.25) is 4.79 Å². The van der Waals surface area contributed by atoms with Crippen molar-refractivity contribution in [3.63, 3.8) is 0 Å². The van der Waals surface area contributed by atoms with Gasteiger partial charge >= 0.3 is 0 Å². The first-order chi connectivity index (χ1) is 8.40. The number of hydrogen-bond donors (Lipinski definition) is 0. The standard InChI is InChI=1S/C16H26O2/c1-12(2)15(10-11-17)8-6-7-9-16(13(3)4)14(5)18/h11-13,15-16H,8-10H2,1-5H3/t15-,16+/m1/s1. The average Bonchev–Trinajstić information content (AvgIpc) is 2.25. The number of carbonyl (C=O) groups excluding carboxylic acids is 2. The Bertz CT molecular complexity index is 318. The predicted octanol–water partition coefficient (Wildman–Crippen LogP) is 3.49. The molecule has 0 saturated carbocycles. The van der Waals surface area contributed by atoms with Gasteiger partial charge in [-0.25, -0.2) is 0 Å². The largest absolute Gasteiger partial charge is 0.303 e. The Balaban J connectivity index is 4.32. The van der Waals surface area contributed by atoms with Gasteiger partial charge in [0.2, 0.25) is 0 Å². The Hall–Kier alpha value is -1.10. The van der Waals surface area contributed by atoms with Crippen LogP contribution in [0.1, 0.15) is 53.9 Å². The van der Waals surface area contributed by atoms with E-state index >= 15 is 0 Å². The van der Waals surface area contributed by atoms with Gasteiger partial charge in [0.05, 0.1) is 0 Å². The minimum Gasteiger partial charge on any atom is -0.303 e. The van der Waals surface area contributed by atoms with Crippen molar-refractivity contribution in [1.29, 1.82) is 0 Å². The van der Waals surface area contributed by atoms with Crippen LogP contribution in [0.5, 0.6) is 0 Å². The lowest BCUT2D eigenvalue weighted by Crippen LogP contribution is -2.16. The predicted molar refractivity (Wildman–Crippen MR) is 75.0 cm³/mol. The lowest BCUT2D eigenvalue weighted by atomic mass is 9.88. The summed E-state index contributed by atoms with van der Waals surface area (Å²) in [5, 5.41) is 0. The topological polar surface area (TPSA) is 34.1 Å². The number of rotatable bonds is 7. The van der Waals surface area contributed by atoms with Crippen LogP contribution in [0.4, 0.5) is 0 Å². The highest BCUT2D eigenvalue weighted by atomic mass is 16.1. The molecule has 0 spiro atoms. The summed E-state index contributed by atoms with van der Waals surface area (Å²) < 4.78 is 0. The molecule has 0 rings (SSSR count). The molecule has 0 aliphatic heterocycles. The van der Waals surface area contributed by atoms with Gasteiger partial charge in [0, 0.05) is 25.2 Å². The summed E-state index contributed by atoms with van der Waals surface area (Å²) >= 11 is 0. The van der Waals surface area contributed by atoms with Crippen molar-refractivity contribution in [2.45, 2.75) is 53.9 Å². The van der Waals surface area contributed by atoms with E-state index in [1.54, 1.807) is 6.92 Å². The molecule has 0 saturated heterocycles. The molecule has 0 N–H and O–H groups in total. The van der Waals surface area contributed by atoms with E-state index in [1.807, 2.05) is 0 Å². The van der Waals surface area contributed by atoms with E-state index in [9.17, 15) is 9.59 Å². The van der Waals surface area contributed by atoms with Crippen LogP contribution in [0.25, 0.3) is 0 Å². The molecule has 0 unspecified atom stereocenters. The van der Waals surface area contributed by atoms with Crippen molar-refractivity contribution in [2.75, 3.05) is 0 Å². The maximum atomic E-state index is 11.4. The van der Waals surface area contributed by atoms with E-state index in [2.05, 4.69) is 39.5 Å². The highest BCUT2D eigenvalue weighted by Gasteiger charge is 2.16. The van der Waals surface area contributed by atoms with Crippen LogP contribution in [0.15, 0.2) is 0 Å². The van der Waals surface area contributed by atoms with Gasteiger partial charge in [-0.05, 0) is 24.7 Å². The van der Waals surface area contributed by atoms with E-state index in [-0.39, 0.29) is 11.7 Å². The summed E-state index contributed by atoms with van der Waals surface area (Å²) in [6.45, 7) is 9.97.